The fraction of sp³-hybridized carbons (Fsp3) is 0.125. The number of halogens is 1. The second kappa shape index (κ2) is 3.14. The highest BCUT2D eigenvalue weighted by molar-refractivity contribution is 5.93. The van der Waals surface area contributed by atoms with Gasteiger partial charge in [-0.2, -0.15) is 0 Å². The van der Waals surface area contributed by atoms with Gasteiger partial charge in [0.2, 0.25) is 0 Å². The van der Waals surface area contributed by atoms with Crippen LogP contribution in [0.1, 0.15) is 10.4 Å². The van der Waals surface area contributed by atoms with E-state index in [1.165, 1.54) is 19.2 Å². The molecule has 0 unspecified atom stereocenters. The first-order valence-electron chi connectivity index (χ1n) is 3.13. The van der Waals surface area contributed by atoms with Crippen molar-refractivity contribution in [2.45, 2.75) is 0 Å². The van der Waals surface area contributed by atoms with E-state index in [-0.39, 0.29) is 11.5 Å². The van der Waals surface area contributed by atoms with E-state index >= 15 is 0 Å². The Morgan fingerprint density at radius 1 is 1.64 bits per heavy atom. The predicted octanol–water partition coefficient (Wildman–Crippen LogP) is 0.985. The third-order valence-corrected chi connectivity index (χ3v) is 1.24. The van der Waals surface area contributed by atoms with Gasteiger partial charge < -0.3 is 5.32 Å². The minimum atomic E-state index is -0.453. The maximum atomic E-state index is 12.5. The molecule has 0 bridgehead atoms. The average molecular weight is 152 g/mol. The Bertz CT molecular complexity index is 273. The van der Waals surface area contributed by atoms with Crippen LogP contribution >= 0.6 is 0 Å². The summed E-state index contributed by atoms with van der Waals surface area (Å²) < 4.78 is 12.5. The largest absolute Gasteiger partial charge is 0.355 e. The molecule has 1 amide bonds. The second-order valence-corrected chi connectivity index (χ2v) is 2.02. The molecular formula is C8H7FNO. The lowest BCUT2D eigenvalue weighted by Crippen LogP contribution is -2.17. The topological polar surface area (TPSA) is 29.1 Å². The summed E-state index contributed by atoms with van der Waals surface area (Å²) in [4.78, 5) is 10.9. The van der Waals surface area contributed by atoms with Crippen LogP contribution in [0, 0.1) is 11.9 Å². The highest BCUT2D eigenvalue weighted by Crippen LogP contribution is 2.01. The summed E-state index contributed by atoms with van der Waals surface area (Å²) in [6.07, 6.45) is 0. The Labute approximate surface area is 64.0 Å². The molecule has 0 heterocycles. The van der Waals surface area contributed by atoms with Crippen molar-refractivity contribution in [3.05, 3.63) is 35.6 Å². The molecule has 1 aromatic carbocycles. The van der Waals surface area contributed by atoms with Gasteiger partial charge in [0.05, 0.1) is 0 Å². The number of amides is 1. The molecule has 0 aromatic heterocycles. The smallest absolute Gasteiger partial charge is 0.251 e. The van der Waals surface area contributed by atoms with Gasteiger partial charge in [-0.25, -0.2) is 4.39 Å². The van der Waals surface area contributed by atoms with Crippen molar-refractivity contribution in [3.8, 4) is 0 Å². The lowest BCUT2D eigenvalue weighted by Gasteiger charge is -1.97. The van der Waals surface area contributed by atoms with Gasteiger partial charge in [0, 0.05) is 12.6 Å². The summed E-state index contributed by atoms with van der Waals surface area (Å²) in [6.45, 7) is 0. The predicted molar refractivity (Wildman–Crippen MR) is 38.6 cm³/mol. The Morgan fingerprint density at radius 3 is 2.91 bits per heavy atom. The van der Waals surface area contributed by atoms with E-state index in [9.17, 15) is 9.18 Å². The summed E-state index contributed by atoms with van der Waals surface area (Å²) in [5.41, 5.74) is 0.285. The van der Waals surface area contributed by atoms with E-state index in [0.29, 0.717) is 0 Å². The zero-order chi connectivity index (χ0) is 8.27. The Balaban J connectivity index is 2.96. The van der Waals surface area contributed by atoms with Crippen LogP contribution in [-0.2, 0) is 0 Å². The number of benzene rings is 1. The number of carbonyl (C=O) groups is 1. The maximum absolute atomic E-state index is 12.5. The second-order valence-electron chi connectivity index (χ2n) is 2.02. The van der Waals surface area contributed by atoms with E-state index in [1.807, 2.05) is 0 Å². The number of nitrogens with one attached hydrogen (secondary N) is 1. The minimum Gasteiger partial charge on any atom is -0.355 e. The SMILES string of the molecule is CNC(=O)c1c[c]cc(F)c1. The van der Waals surface area contributed by atoms with E-state index < -0.39 is 5.82 Å². The normalized spacial score (nSPS) is 9.27. The average Bonchev–Trinajstić information content (AvgIpc) is 2.03. The molecule has 1 aromatic rings. The van der Waals surface area contributed by atoms with Crippen LogP contribution in [0.5, 0.6) is 0 Å². The van der Waals surface area contributed by atoms with Crippen LogP contribution < -0.4 is 5.32 Å². The Hall–Kier alpha value is -1.38. The minimum absolute atomic E-state index is 0.285. The lowest BCUT2D eigenvalue weighted by atomic mass is 10.2. The summed E-state index contributed by atoms with van der Waals surface area (Å²) in [5, 5.41) is 2.38. The Morgan fingerprint density at radius 2 is 2.36 bits per heavy atom. The van der Waals surface area contributed by atoms with Crippen molar-refractivity contribution >= 4 is 5.91 Å². The van der Waals surface area contributed by atoms with Crippen LogP contribution in [0.4, 0.5) is 4.39 Å². The number of hydrogen-bond donors (Lipinski definition) is 1. The van der Waals surface area contributed by atoms with Gasteiger partial charge in [-0.3, -0.25) is 4.79 Å². The first-order valence-corrected chi connectivity index (χ1v) is 3.13. The molecule has 0 saturated carbocycles. The van der Waals surface area contributed by atoms with Crippen molar-refractivity contribution < 1.29 is 9.18 Å². The lowest BCUT2D eigenvalue weighted by molar-refractivity contribution is 0.0962. The van der Waals surface area contributed by atoms with E-state index in [4.69, 9.17) is 0 Å². The molecule has 3 heteroatoms. The summed E-state index contributed by atoms with van der Waals surface area (Å²) in [6, 6.07) is 6.28. The molecule has 57 valence electrons. The van der Waals surface area contributed by atoms with Crippen LogP contribution in [-0.4, -0.2) is 13.0 Å². The third-order valence-electron chi connectivity index (χ3n) is 1.24. The van der Waals surface area contributed by atoms with Crippen molar-refractivity contribution in [2.24, 2.45) is 0 Å². The molecule has 2 nitrogen and oxygen atoms in total. The fourth-order valence-corrected chi connectivity index (χ4v) is 0.718. The van der Waals surface area contributed by atoms with Gasteiger partial charge in [-0.05, 0) is 24.3 Å². The van der Waals surface area contributed by atoms with Gasteiger partial charge in [-0.1, -0.05) is 0 Å². The summed E-state index contributed by atoms with van der Waals surface area (Å²) >= 11 is 0. The molecule has 0 atom stereocenters. The molecule has 1 radical (unpaired) electrons. The zero-order valence-electron chi connectivity index (χ0n) is 6.02. The fourth-order valence-electron chi connectivity index (χ4n) is 0.718. The molecule has 11 heavy (non-hydrogen) atoms. The molecule has 0 fully saturated rings. The molecule has 1 N–H and O–H groups in total. The van der Waals surface area contributed by atoms with Gasteiger partial charge >= 0.3 is 0 Å². The monoisotopic (exact) mass is 152 g/mol. The van der Waals surface area contributed by atoms with Crippen LogP contribution in [0.2, 0.25) is 0 Å². The highest BCUT2D eigenvalue weighted by Gasteiger charge is 2.02. The maximum Gasteiger partial charge on any atom is 0.251 e. The van der Waals surface area contributed by atoms with Gasteiger partial charge in [0.25, 0.3) is 5.91 Å². The van der Waals surface area contributed by atoms with Crippen LogP contribution in [0.3, 0.4) is 0 Å². The molecule has 0 aliphatic heterocycles. The third kappa shape index (κ3) is 1.77. The summed E-state index contributed by atoms with van der Waals surface area (Å²) in [5.74, 6) is -0.758. The van der Waals surface area contributed by atoms with Crippen molar-refractivity contribution in [3.63, 3.8) is 0 Å². The van der Waals surface area contributed by atoms with Gasteiger partial charge in [-0.15, -0.1) is 0 Å². The van der Waals surface area contributed by atoms with Crippen molar-refractivity contribution in [1.29, 1.82) is 0 Å². The Kier molecular flexibility index (Phi) is 2.21. The van der Waals surface area contributed by atoms with Gasteiger partial charge in [0.1, 0.15) is 5.82 Å². The quantitative estimate of drug-likeness (QED) is 0.638. The number of carbonyl (C=O) groups excluding carboxylic acids is 1. The molecular weight excluding hydrogens is 145 g/mol. The van der Waals surface area contributed by atoms with Crippen LogP contribution in [0.25, 0.3) is 0 Å². The molecule has 1 rings (SSSR count). The van der Waals surface area contributed by atoms with Crippen LogP contribution in [0.15, 0.2) is 18.2 Å². The van der Waals surface area contributed by atoms with E-state index in [0.717, 1.165) is 6.07 Å². The molecule has 0 aliphatic carbocycles. The zero-order valence-corrected chi connectivity index (χ0v) is 6.02. The standard InChI is InChI=1S/C8H7FNO/c1-10-8(11)6-3-2-4-7(9)5-6/h3-5H,1H3,(H,10,11). The first kappa shape index (κ1) is 7.72. The van der Waals surface area contributed by atoms with E-state index in [2.05, 4.69) is 11.4 Å². The molecule has 0 spiro atoms. The number of hydrogen-bond acceptors (Lipinski definition) is 1. The van der Waals surface area contributed by atoms with Crippen molar-refractivity contribution in [1.82, 2.24) is 5.32 Å². The molecule has 0 saturated heterocycles. The number of rotatable bonds is 1. The summed E-state index contributed by atoms with van der Waals surface area (Å²) in [7, 11) is 1.49. The molecule has 0 aliphatic rings. The van der Waals surface area contributed by atoms with E-state index in [1.54, 1.807) is 0 Å². The highest BCUT2D eigenvalue weighted by atomic mass is 19.1. The van der Waals surface area contributed by atoms with Gasteiger partial charge in [0.15, 0.2) is 0 Å². The van der Waals surface area contributed by atoms with Crippen molar-refractivity contribution in [2.75, 3.05) is 7.05 Å². The first-order chi connectivity index (χ1) is 5.24.